The van der Waals surface area contributed by atoms with Gasteiger partial charge in [-0.25, -0.2) is 0 Å². The smallest absolute Gasteiger partial charge is 0.231 e. The van der Waals surface area contributed by atoms with Gasteiger partial charge < -0.3 is 23.8 Å². The Morgan fingerprint density at radius 1 is 1.00 bits per heavy atom. The molecule has 2 aromatic carbocycles. The van der Waals surface area contributed by atoms with Crippen molar-refractivity contribution in [3.05, 3.63) is 42.0 Å². The van der Waals surface area contributed by atoms with Crippen LogP contribution in [0.15, 0.2) is 36.4 Å². The molecule has 2 aromatic rings. The summed E-state index contributed by atoms with van der Waals surface area (Å²) in [5, 5.41) is 0. The van der Waals surface area contributed by atoms with Crippen LogP contribution in [0.1, 0.15) is 12.5 Å². The van der Waals surface area contributed by atoms with Crippen LogP contribution in [0.4, 0.5) is 5.69 Å². The van der Waals surface area contributed by atoms with Gasteiger partial charge in [0.1, 0.15) is 11.5 Å². The van der Waals surface area contributed by atoms with E-state index in [0.717, 1.165) is 40.8 Å². The van der Waals surface area contributed by atoms with Crippen LogP contribution >= 0.6 is 0 Å². The summed E-state index contributed by atoms with van der Waals surface area (Å²) in [4.78, 5) is 2.17. The van der Waals surface area contributed by atoms with E-state index >= 15 is 0 Å². The maximum atomic E-state index is 5.85. The van der Waals surface area contributed by atoms with Gasteiger partial charge in [-0.2, -0.15) is 0 Å². The van der Waals surface area contributed by atoms with E-state index in [4.69, 9.17) is 18.9 Å². The molecule has 22 heavy (non-hydrogen) atoms. The third kappa shape index (κ3) is 2.28. The third-order valence-electron chi connectivity index (χ3n) is 3.81. The molecule has 0 amide bonds. The first-order valence-corrected chi connectivity index (χ1v) is 7.36. The summed E-state index contributed by atoms with van der Waals surface area (Å²) >= 11 is 0. The van der Waals surface area contributed by atoms with E-state index in [1.807, 2.05) is 43.3 Å². The second-order valence-electron chi connectivity index (χ2n) is 5.21. The lowest BCUT2D eigenvalue weighted by Crippen LogP contribution is -2.31. The normalized spacial score (nSPS) is 15.2. The van der Waals surface area contributed by atoms with Gasteiger partial charge >= 0.3 is 0 Å². The molecule has 0 N–H and O–H groups in total. The Hall–Kier alpha value is -2.56. The highest BCUT2D eigenvalue weighted by molar-refractivity contribution is 5.56. The van der Waals surface area contributed by atoms with Gasteiger partial charge in [-0.3, -0.25) is 0 Å². The fourth-order valence-electron chi connectivity index (χ4n) is 2.71. The Balaban J connectivity index is 1.56. The van der Waals surface area contributed by atoms with Gasteiger partial charge in [0.05, 0.1) is 6.61 Å². The third-order valence-corrected chi connectivity index (χ3v) is 3.81. The van der Waals surface area contributed by atoms with Gasteiger partial charge in [-0.05, 0) is 37.3 Å². The monoisotopic (exact) mass is 299 g/mol. The van der Waals surface area contributed by atoms with E-state index in [-0.39, 0.29) is 6.79 Å². The average molecular weight is 299 g/mol. The van der Waals surface area contributed by atoms with Crippen molar-refractivity contribution in [2.75, 3.05) is 25.0 Å². The van der Waals surface area contributed by atoms with Gasteiger partial charge in [-0.1, -0.05) is 0 Å². The molecule has 5 heteroatoms. The van der Waals surface area contributed by atoms with E-state index in [9.17, 15) is 0 Å². The van der Waals surface area contributed by atoms with Crippen molar-refractivity contribution in [1.29, 1.82) is 0 Å². The largest absolute Gasteiger partial charge is 0.494 e. The van der Waals surface area contributed by atoms with Crippen LogP contribution in [0.3, 0.4) is 0 Å². The molecule has 114 valence electrons. The molecule has 2 aliphatic rings. The molecule has 2 aliphatic heterocycles. The van der Waals surface area contributed by atoms with Crippen molar-refractivity contribution >= 4 is 5.69 Å². The number of hydrogen-bond donors (Lipinski definition) is 0. The zero-order valence-electron chi connectivity index (χ0n) is 12.4. The summed E-state index contributed by atoms with van der Waals surface area (Å²) in [6.07, 6.45) is 0. The molecule has 5 nitrogen and oxygen atoms in total. The topological polar surface area (TPSA) is 40.2 Å². The average Bonchev–Trinajstić information content (AvgIpc) is 3.00. The van der Waals surface area contributed by atoms with Gasteiger partial charge in [-0.15, -0.1) is 0 Å². The van der Waals surface area contributed by atoms with Crippen LogP contribution in [0, 0.1) is 0 Å². The van der Waals surface area contributed by atoms with Crippen LogP contribution in [0.5, 0.6) is 23.0 Å². The number of ether oxygens (including phenoxy) is 4. The van der Waals surface area contributed by atoms with Crippen molar-refractivity contribution in [3.63, 3.8) is 0 Å². The number of hydrogen-bond acceptors (Lipinski definition) is 5. The van der Waals surface area contributed by atoms with Crippen LogP contribution in [-0.4, -0.2) is 20.1 Å². The number of benzene rings is 2. The van der Waals surface area contributed by atoms with E-state index in [1.54, 1.807) is 0 Å². The highest BCUT2D eigenvalue weighted by atomic mass is 16.7. The predicted molar refractivity (Wildman–Crippen MR) is 81.9 cm³/mol. The Bertz CT molecular complexity index is 684. The maximum absolute atomic E-state index is 5.85. The molecular formula is C17H17NO4. The number of anilines is 1. The van der Waals surface area contributed by atoms with Crippen LogP contribution < -0.4 is 23.8 Å². The van der Waals surface area contributed by atoms with Crippen molar-refractivity contribution in [1.82, 2.24) is 0 Å². The van der Waals surface area contributed by atoms with Crippen LogP contribution in [0.25, 0.3) is 0 Å². The molecule has 0 saturated carbocycles. The van der Waals surface area contributed by atoms with E-state index in [0.29, 0.717) is 13.3 Å². The molecule has 0 atom stereocenters. The lowest BCUT2D eigenvalue weighted by atomic mass is 10.1. The Labute approximate surface area is 129 Å². The molecule has 0 unspecified atom stereocenters. The molecule has 0 spiro atoms. The summed E-state index contributed by atoms with van der Waals surface area (Å²) in [6, 6.07) is 12.0. The molecule has 4 rings (SSSR count). The molecule has 0 saturated heterocycles. The SMILES string of the molecule is CCOc1ccc(N2COc3cc4c(cc3C2)OCO4)cc1. The summed E-state index contributed by atoms with van der Waals surface area (Å²) in [5.74, 6) is 3.29. The molecule has 0 bridgehead atoms. The van der Waals surface area contributed by atoms with E-state index in [1.165, 1.54) is 0 Å². The second kappa shape index (κ2) is 5.33. The van der Waals surface area contributed by atoms with Gasteiger partial charge in [0.25, 0.3) is 0 Å². The summed E-state index contributed by atoms with van der Waals surface area (Å²) < 4.78 is 22.1. The fourth-order valence-corrected chi connectivity index (χ4v) is 2.71. The first-order valence-electron chi connectivity index (χ1n) is 7.36. The van der Waals surface area contributed by atoms with Gasteiger partial charge in [0, 0.05) is 23.9 Å². The van der Waals surface area contributed by atoms with Crippen molar-refractivity contribution in [2.24, 2.45) is 0 Å². The molecule has 0 aromatic heterocycles. The standard InChI is InChI=1S/C17H17NO4/c1-2-19-14-5-3-13(4-6-14)18-9-12-7-16-17(22-11-21-16)8-15(12)20-10-18/h3-8H,2,9-11H2,1H3. The fraction of sp³-hybridized carbons (Fsp3) is 0.294. The zero-order valence-corrected chi connectivity index (χ0v) is 12.4. The van der Waals surface area contributed by atoms with Crippen molar-refractivity contribution < 1.29 is 18.9 Å². The van der Waals surface area contributed by atoms with Crippen molar-refractivity contribution in [2.45, 2.75) is 13.5 Å². The molecular weight excluding hydrogens is 282 g/mol. The highest BCUT2D eigenvalue weighted by Crippen LogP contribution is 2.40. The van der Waals surface area contributed by atoms with E-state index in [2.05, 4.69) is 4.90 Å². The van der Waals surface area contributed by atoms with Crippen LogP contribution in [0.2, 0.25) is 0 Å². The first kappa shape index (κ1) is 13.1. The predicted octanol–water partition coefficient (Wildman–Crippen LogP) is 3.17. The van der Waals surface area contributed by atoms with E-state index < -0.39 is 0 Å². The van der Waals surface area contributed by atoms with Gasteiger partial charge in [0.2, 0.25) is 6.79 Å². The minimum atomic E-state index is 0.279. The molecule has 0 aliphatic carbocycles. The maximum Gasteiger partial charge on any atom is 0.231 e. The number of fused-ring (bicyclic) bond motifs is 2. The Morgan fingerprint density at radius 3 is 2.55 bits per heavy atom. The highest BCUT2D eigenvalue weighted by Gasteiger charge is 2.23. The minimum Gasteiger partial charge on any atom is -0.494 e. The Kier molecular flexibility index (Phi) is 3.18. The second-order valence-corrected chi connectivity index (χ2v) is 5.21. The molecule has 2 heterocycles. The summed E-state index contributed by atoms with van der Waals surface area (Å²) in [7, 11) is 0. The number of nitrogens with zero attached hydrogens (tertiary/aromatic N) is 1. The lowest BCUT2D eigenvalue weighted by Gasteiger charge is -2.31. The zero-order chi connectivity index (χ0) is 14.9. The first-order chi connectivity index (χ1) is 10.8. The summed E-state index contributed by atoms with van der Waals surface area (Å²) in [6.45, 7) is 4.22. The van der Waals surface area contributed by atoms with Crippen LogP contribution in [-0.2, 0) is 6.54 Å². The van der Waals surface area contributed by atoms with Crippen molar-refractivity contribution in [3.8, 4) is 23.0 Å². The lowest BCUT2D eigenvalue weighted by molar-refractivity contribution is 0.174. The quantitative estimate of drug-likeness (QED) is 0.870. The molecule has 0 fully saturated rings. The summed E-state index contributed by atoms with van der Waals surface area (Å²) in [5.41, 5.74) is 2.20. The van der Waals surface area contributed by atoms with Gasteiger partial charge in [0.15, 0.2) is 18.2 Å². The minimum absolute atomic E-state index is 0.279. The Morgan fingerprint density at radius 2 is 1.77 bits per heavy atom. The number of rotatable bonds is 3. The molecule has 0 radical (unpaired) electrons.